The summed E-state index contributed by atoms with van der Waals surface area (Å²) < 4.78 is 43.7. The SMILES string of the molecule is O=C(NC1=Nc2cc(-c3cc(Cc4n[nH]c(=O)c5ccccc45)ccc3F)ccc2C1)OCC(F)F. The van der Waals surface area contributed by atoms with E-state index in [1.807, 2.05) is 12.1 Å². The molecule has 0 radical (unpaired) electrons. The molecule has 36 heavy (non-hydrogen) atoms. The summed E-state index contributed by atoms with van der Waals surface area (Å²) in [6, 6.07) is 17.1. The number of nitrogens with one attached hydrogen (secondary N) is 2. The number of hydrogen-bond donors (Lipinski definition) is 2. The molecule has 0 spiro atoms. The van der Waals surface area contributed by atoms with E-state index in [1.165, 1.54) is 6.07 Å². The largest absolute Gasteiger partial charge is 0.443 e. The molecular weight excluding hydrogens is 473 g/mol. The molecule has 0 bridgehead atoms. The Labute approximate surface area is 202 Å². The third-order valence-corrected chi connectivity index (χ3v) is 5.77. The summed E-state index contributed by atoms with van der Waals surface area (Å²) in [5.74, 6) is -0.166. The van der Waals surface area contributed by atoms with Crippen LogP contribution in [0, 0.1) is 5.82 Å². The van der Waals surface area contributed by atoms with Crippen molar-refractivity contribution in [3.05, 3.63) is 93.7 Å². The Balaban J connectivity index is 1.40. The van der Waals surface area contributed by atoms with Gasteiger partial charge in [-0.25, -0.2) is 28.1 Å². The second kappa shape index (κ2) is 9.65. The van der Waals surface area contributed by atoms with Gasteiger partial charge >= 0.3 is 6.09 Å². The van der Waals surface area contributed by atoms with Crippen LogP contribution < -0.4 is 10.9 Å². The first kappa shape index (κ1) is 23.3. The van der Waals surface area contributed by atoms with Gasteiger partial charge in [0, 0.05) is 23.8 Å². The minimum absolute atomic E-state index is 0.256. The monoisotopic (exact) mass is 492 g/mol. The molecular formula is C26H19F3N4O3. The smallest absolute Gasteiger partial charge is 0.412 e. The van der Waals surface area contributed by atoms with Crippen molar-refractivity contribution in [2.24, 2.45) is 4.99 Å². The van der Waals surface area contributed by atoms with Gasteiger partial charge in [0.1, 0.15) is 11.7 Å². The molecule has 5 rings (SSSR count). The van der Waals surface area contributed by atoms with Gasteiger partial charge in [-0.3, -0.25) is 10.1 Å². The van der Waals surface area contributed by atoms with Crippen molar-refractivity contribution in [1.29, 1.82) is 0 Å². The van der Waals surface area contributed by atoms with Crippen LogP contribution in [0.25, 0.3) is 21.9 Å². The van der Waals surface area contributed by atoms with Gasteiger partial charge < -0.3 is 4.74 Å². The van der Waals surface area contributed by atoms with Crippen LogP contribution in [-0.4, -0.2) is 35.2 Å². The molecule has 0 atom stereocenters. The predicted molar refractivity (Wildman–Crippen MR) is 128 cm³/mol. The van der Waals surface area contributed by atoms with E-state index in [0.717, 1.165) is 16.5 Å². The molecule has 2 heterocycles. The van der Waals surface area contributed by atoms with Crippen LogP contribution in [-0.2, 0) is 17.6 Å². The first-order valence-electron chi connectivity index (χ1n) is 11.0. The standard InChI is InChI=1S/C26H19F3N4O3/c27-20-8-5-14(10-22-17-3-1-2-4-18(17)25(34)33-32-22)9-19(20)15-6-7-16-12-24(30-21(16)11-15)31-26(35)36-13-23(28)29/h1-9,11,23H,10,12-13H2,(H,33,34)(H,30,31,35). The fourth-order valence-electron chi connectivity index (χ4n) is 4.12. The van der Waals surface area contributed by atoms with Crippen molar-refractivity contribution in [2.45, 2.75) is 19.3 Å². The third kappa shape index (κ3) is 4.83. The maximum atomic E-state index is 14.8. The number of ether oxygens (including phenoxy) is 1. The van der Waals surface area contributed by atoms with Crippen LogP contribution in [0.15, 0.2) is 70.5 Å². The summed E-state index contributed by atoms with van der Waals surface area (Å²) in [6.45, 7) is -1.00. The van der Waals surface area contributed by atoms with Gasteiger partial charge in [-0.15, -0.1) is 0 Å². The van der Waals surface area contributed by atoms with E-state index in [9.17, 15) is 22.8 Å². The first-order valence-corrected chi connectivity index (χ1v) is 11.0. The van der Waals surface area contributed by atoms with Crippen molar-refractivity contribution in [3.63, 3.8) is 0 Å². The highest BCUT2D eigenvalue weighted by molar-refractivity contribution is 6.01. The molecule has 0 saturated carbocycles. The molecule has 182 valence electrons. The Morgan fingerprint density at radius 3 is 2.69 bits per heavy atom. The number of halogens is 3. The second-order valence-electron chi connectivity index (χ2n) is 8.23. The van der Waals surface area contributed by atoms with E-state index in [4.69, 9.17) is 0 Å². The fourth-order valence-corrected chi connectivity index (χ4v) is 4.12. The number of amidine groups is 1. The number of hydrogen-bond acceptors (Lipinski definition) is 5. The van der Waals surface area contributed by atoms with Crippen LogP contribution >= 0.6 is 0 Å². The van der Waals surface area contributed by atoms with E-state index in [0.29, 0.717) is 34.3 Å². The van der Waals surface area contributed by atoms with Crippen LogP contribution in [0.3, 0.4) is 0 Å². The van der Waals surface area contributed by atoms with E-state index in [1.54, 1.807) is 42.5 Å². The van der Waals surface area contributed by atoms with Gasteiger partial charge in [-0.05, 0) is 41.0 Å². The molecule has 0 unspecified atom stereocenters. The average molecular weight is 492 g/mol. The van der Waals surface area contributed by atoms with Gasteiger partial charge in [0.25, 0.3) is 12.0 Å². The maximum Gasteiger partial charge on any atom is 0.412 e. The van der Waals surface area contributed by atoms with Crippen molar-refractivity contribution in [2.75, 3.05) is 6.61 Å². The molecule has 1 aliphatic heterocycles. The Morgan fingerprint density at radius 1 is 1.08 bits per heavy atom. The molecule has 2 N–H and O–H groups in total. The molecule has 0 saturated heterocycles. The number of rotatable bonds is 5. The van der Waals surface area contributed by atoms with E-state index >= 15 is 0 Å². The van der Waals surface area contributed by atoms with Crippen LogP contribution in [0.5, 0.6) is 0 Å². The van der Waals surface area contributed by atoms with Crippen LogP contribution in [0.4, 0.5) is 23.7 Å². The summed E-state index contributed by atoms with van der Waals surface area (Å²) in [5.41, 5.74) is 3.46. The molecule has 7 nitrogen and oxygen atoms in total. The van der Waals surface area contributed by atoms with Crippen LogP contribution in [0.2, 0.25) is 0 Å². The lowest BCUT2D eigenvalue weighted by molar-refractivity contribution is 0.0508. The molecule has 4 aromatic rings. The van der Waals surface area contributed by atoms with Crippen molar-refractivity contribution >= 4 is 28.4 Å². The normalized spacial score (nSPS) is 12.5. The summed E-state index contributed by atoms with van der Waals surface area (Å²) in [4.78, 5) is 28.0. The second-order valence-corrected chi connectivity index (χ2v) is 8.23. The van der Waals surface area contributed by atoms with E-state index in [2.05, 4.69) is 25.2 Å². The molecule has 10 heteroatoms. The number of H-pyrrole nitrogens is 1. The zero-order chi connectivity index (χ0) is 25.2. The summed E-state index contributed by atoms with van der Waals surface area (Å²) in [5, 5.41) is 10.3. The molecule has 1 amide bonds. The quantitative estimate of drug-likeness (QED) is 0.414. The number of carbonyl (C=O) groups is 1. The average Bonchev–Trinajstić information content (AvgIpc) is 3.27. The van der Waals surface area contributed by atoms with Gasteiger partial charge in [-0.1, -0.05) is 36.4 Å². The molecule has 0 aliphatic carbocycles. The van der Waals surface area contributed by atoms with Crippen molar-refractivity contribution in [3.8, 4) is 11.1 Å². The highest BCUT2D eigenvalue weighted by atomic mass is 19.3. The Kier molecular flexibility index (Phi) is 6.24. The first-order chi connectivity index (χ1) is 17.4. The Morgan fingerprint density at radius 2 is 1.89 bits per heavy atom. The lowest BCUT2D eigenvalue weighted by Crippen LogP contribution is -2.32. The highest BCUT2D eigenvalue weighted by Crippen LogP contribution is 2.33. The van der Waals surface area contributed by atoms with Gasteiger partial charge in [-0.2, -0.15) is 5.10 Å². The predicted octanol–water partition coefficient (Wildman–Crippen LogP) is 4.90. The molecule has 1 aliphatic rings. The number of fused-ring (bicyclic) bond motifs is 2. The number of carbonyl (C=O) groups excluding carboxylic acids is 1. The lowest BCUT2D eigenvalue weighted by Gasteiger charge is -2.09. The summed E-state index contributed by atoms with van der Waals surface area (Å²) >= 11 is 0. The number of nitrogens with zero attached hydrogens (tertiary/aromatic N) is 2. The number of aliphatic imine (C=N–C) groups is 1. The van der Waals surface area contributed by atoms with Crippen LogP contribution in [0.1, 0.15) is 16.8 Å². The zero-order valence-corrected chi connectivity index (χ0v) is 18.7. The lowest BCUT2D eigenvalue weighted by atomic mass is 9.97. The highest BCUT2D eigenvalue weighted by Gasteiger charge is 2.19. The minimum Gasteiger partial charge on any atom is -0.443 e. The Hall–Kier alpha value is -4.47. The number of alkyl carbamates (subject to hydrolysis) is 1. The molecule has 3 aromatic carbocycles. The molecule has 0 fully saturated rings. The summed E-state index contributed by atoms with van der Waals surface area (Å²) in [7, 11) is 0. The van der Waals surface area contributed by atoms with Gasteiger partial charge in [0.15, 0.2) is 6.61 Å². The minimum atomic E-state index is -2.76. The third-order valence-electron chi connectivity index (χ3n) is 5.77. The van der Waals surface area contributed by atoms with E-state index < -0.39 is 24.9 Å². The molecule has 1 aromatic heterocycles. The summed E-state index contributed by atoms with van der Waals surface area (Å²) in [6.07, 6.45) is -3.11. The number of alkyl halides is 2. The number of benzene rings is 3. The number of aromatic nitrogens is 2. The van der Waals surface area contributed by atoms with E-state index in [-0.39, 0.29) is 17.8 Å². The fraction of sp³-hybridized carbons (Fsp3) is 0.154. The number of aromatic amines is 1. The Bertz CT molecular complexity index is 1570. The number of amides is 1. The van der Waals surface area contributed by atoms with Gasteiger partial charge in [0.05, 0.1) is 16.8 Å². The van der Waals surface area contributed by atoms with Crippen molar-refractivity contribution in [1.82, 2.24) is 15.5 Å². The zero-order valence-electron chi connectivity index (χ0n) is 18.7. The van der Waals surface area contributed by atoms with Gasteiger partial charge in [0.2, 0.25) is 0 Å². The maximum absolute atomic E-state index is 14.8. The van der Waals surface area contributed by atoms with Crippen molar-refractivity contribution < 1.29 is 22.7 Å². The topological polar surface area (TPSA) is 96.4 Å².